The number of aromatic nitrogens is 2. The molecule has 0 radical (unpaired) electrons. The topological polar surface area (TPSA) is 102 Å². The van der Waals surface area contributed by atoms with Gasteiger partial charge in [0.15, 0.2) is 5.13 Å². The van der Waals surface area contributed by atoms with Crippen molar-refractivity contribution >= 4 is 44.1 Å². The molecule has 1 fully saturated rings. The number of ketones is 1. The van der Waals surface area contributed by atoms with Crippen LogP contribution in [0.25, 0.3) is 16.0 Å². The summed E-state index contributed by atoms with van der Waals surface area (Å²) in [6.07, 6.45) is 1.58. The number of ether oxygens (including phenoxy) is 2. The highest BCUT2D eigenvalue weighted by Crippen LogP contribution is 2.44. The molecular weight excluding hydrogens is 478 g/mol. The van der Waals surface area contributed by atoms with Crippen LogP contribution < -0.4 is 14.4 Å². The van der Waals surface area contributed by atoms with Crippen molar-refractivity contribution in [1.29, 1.82) is 0 Å². The van der Waals surface area contributed by atoms with Crippen molar-refractivity contribution in [2.24, 2.45) is 0 Å². The van der Waals surface area contributed by atoms with E-state index in [9.17, 15) is 14.7 Å². The third-order valence-corrected chi connectivity index (χ3v) is 6.98. The zero-order chi connectivity index (χ0) is 25.4. The number of aryl methyl sites for hydroxylation is 1. The molecule has 1 aliphatic heterocycles. The highest BCUT2D eigenvalue weighted by Gasteiger charge is 2.49. The van der Waals surface area contributed by atoms with Crippen molar-refractivity contribution < 1.29 is 24.2 Å². The summed E-state index contributed by atoms with van der Waals surface area (Å²) in [5.41, 5.74) is 2.20. The number of methoxy groups -OCH3 is 1. The van der Waals surface area contributed by atoms with Crippen LogP contribution in [0.15, 0.2) is 66.4 Å². The third kappa shape index (κ3) is 3.97. The van der Waals surface area contributed by atoms with Gasteiger partial charge in [0.25, 0.3) is 5.78 Å². The van der Waals surface area contributed by atoms with Gasteiger partial charge < -0.3 is 14.6 Å². The van der Waals surface area contributed by atoms with Gasteiger partial charge in [0.2, 0.25) is 0 Å². The number of benzene rings is 2. The van der Waals surface area contributed by atoms with E-state index in [2.05, 4.69) is 9.97 Å². The van der Waals surface area contributed by atoms with Crippen LogP contribution in [0.2, 0.25) is 0 Å². The number of anilines is 1. The minimum absolute atomic E-state index is 0.0405. The van der Waals surface area contributed by atoms with Gasteiger partial charge in [-0.3, -0.25) is 19.5 Å². The second kappa shape index (κ2) is 9.43. The third-order valence-electron chi connectivity index (χ3n) is 5.97. The van der Waals surface area contributed by atoms with Gasteiger partial charge >= 0.3 is 5.91 Å². The largest absolute Gasteiger partial charge is 0.507 e. The molecule has 8 nitrogen and oxygen atoms in total. The van der Waals surface area contributed by atoms with Gasteiger partial charge in [-0.25, -0.2) is 4.98 Å². The van der Waals surface area contributed by atoms with Gasteiger partial charge in [-0.1, -0.05) is 17.4 Å². The lowest BCUT2D eigenvalue weighted by Crippen LogP contribution is -2.29. The van der Waals surface area contributed by atoms with Crippen molar-refractivity contribution in [2.75, 3.05) is 18.6 Å². The summed E-state index contributed by atoms with van der Waals surface area (Å²) in [7, 11) is 1.55. The minimum atomic E-state index is -0.945. The van der Waals surface area contributed by atoms with E-state index >= 15 is 0 Å². The molecule has 5 rings (SSSR count). The number of nitrogens with zero attached hydrogens (tertiary/aromatic N) is 3. The molecule has 36 heavy (non-hydrogen) atoms. The van der Waals surface area contributed by atoms with Crippen molar-refractivity contribution in [2.45, 2.75) is 19.9 Å². The lowest BCUT2D eigenvalue weighted by molar-refractivity contribution is -0.132. The van der Waals surface area contributed by atoms with Crippen LogP contribution >= 0.6 is 11.3 Å². The number of fused-ring (bicyclic) bond motifs is 1. The lowest BCUT2D eigenvalue weighted by atomic mass is 9.96. The van der Waals surface area contributed by atoms with E-state index in [4.69, 9.17) is 9.47 Å². The summed E-state index contributed by atoms with van der Waals surface area (Å²) >= 11 is 1.27. The van der Waals surface area contributed by atoms with E-state index in [1.165, 1.54) is 16.2 Å². The molecule has 0 saturated carbocycles. The number of Topliss-reactive ketones (excluding diaryl/α,β-unsaturated/α-hetero) is 1. The van der Waals surface area contributed by atoms with Crippen LogP contribution in [0, 0.1) is 6.92 Å². The number of aliphatic hydroxyl groups is 1. The smallest absolute Gasteiger partial charge is 0.301 e. The summed E-state index contributed by atoms with van der Waals surface area (Å²) in [5, 5.41) is 11.7. The van der Waals surface area contributed by atoms with E-state index in [1.807, 2.05) is 25.1 Å². The summed E-state index contributed by atoms with van der Waals surface area (Å²) in [4.78, 5) is 37.1. The second-order valence-corrected chi connectivity index (χ2v) is 9.17. The maximum atomic E-state index is 13.4. The molecule has 1 aliphatic rings. The number of thiazole rings is 1. The predicted octanol–water partition coefficient (Wildman–Crippen LogP) is 5.03. The standard InChI is InChI=1S/C27H23N3O5S/c1-4-35-17-9-11-19-21(14-17)36-27(29-19)30-23(20-7-5-6-12-28-20)22(25(32)26(30)33)24(31)18-10-8-16(34-3)13-15(18)2/h5-14,23,31H,4H2,1-3H3/b24-22+. The molecule has 3 heterocycles. The Kier molecular flexibility index (Phi) is 6.15. The zero-order valence-corrected chi connectivity index (χ0v) is 20.7. The predicted molar refractivity (Wildman–Crippen MR) is 138 cm³/mol. The van der Waals surface area contributed by atoms with Crippen molar-refractivity contribution in [3.8, 4) is 11.5 Å². The van der Waals surface area contributed by atoms with Gasteiger partial charge in [-0.05, 0) is 67.9 Å². The second-order valence-electron chi connectivity index (χ2n) is 8.16. The van der Waals surface area contributed by atoms with E-state index in [-0.39, 0.29) is 11.3 Å². The van der Waals surface area contributed by atoms with E-state index < -0.39 is 17.7 Å². The van der Waals surface area contributed by atoms with Crippen LogP contribution in [0.5, 0.6) is 11.5 Å². The number of hydrogen-bond donors (Lipinski definition) is 1. The van der Waals surface area contributed by atoms with Crippen LogP contribution in [-0.2, 0) is 9.59 Å². The number of carbonyl (C=O) groups excluding carboxylic acids is 2. The Hall–Kier alpha value is -4.24. The van der Waals surface area contributed by atoms with Gasteiger partial charge in [0.1, 0.15) is 23.3 Å². The van der Waals surface area contributed by atoms with Crippen LogP contribution in [0.1, 0.15) is 29.8 Å². The molecule has 1 unspecified atom stereocenters. The molecule has 182 valence electrons. The highest BCUT2D eigenvalue weighted by atomic mass is 32.1. The average molecular weight is 502 g/mol. The average Bonchev–Trinajstić information content (AvgIpc) is 3.42. The number of rotatable bonds is 6. The van der Waals surface area contributed by atoms with E-state index in [1.54, 1.807) is 56.6 Å². The molecule has 2 aromatic carbocycles. The number of aliphatic hydroxyl groups excluding tert-OH is 1. The Morgan fingerprint density at radius 2 is 1.92 bits per heavy atom. The van der Waals surface area contributed by atoms with Gasteiger partial charge in [-0.2, -0.15) is 0 Å². The Balaban J connectivity index is 1.69. The summed E-state index contributed by atoms with van der Waals surface area (Å²) in [5.74, 6) is -0.535. The quantitative estimate of drug-likeness (QED) is 0.225. The molecular formula is C27H23N3O5S. The number of carbonyl (C=O) groups is 2. The maximum Gasteiger partial charge on any atom is 0.301 e. The molecule has 2 aromatic heterocycles. The summed E-state index contributed by atoms with van der Waals surface area (Å²) in [6, 6.07) is 14.9. The monoisotopic (exact) mass is 501 g/mol. The first-order valence-electron chi connectivity index (χ1n) is 11.3. The SMILES string of the molecule is CCOc1ccc2nc(N3C(=O)C(=O)/C(=C(/O)c4ccc(OC)cc4C)C3c3ccccn3)sc2c1. The fraction of sp³-hybridized carbons (Fsp3) is 0.185. The van der Waals surface area contributed by atoms with Crippen LogP contribution in [-0.4, -0.2) is 40.5 Å². The zero-order valence-electron chi connectivity index (χ0n) is 19.9. The van der Waals surface area contributed by atoms with Gasteiger partial charge in [-0.15, -0.1) is 0 Å². The van der Waals surface area contributed by atoms with Gasteiger partial charge in [0, 0.05) is 11.8 Å². The molecule has 1 amide bonds. The summed E-state index contributed by atoms with van der Waals surface area (Å²) < 4.78 is 11.7. The summed E-state index contributed by atoms with van der Waals surface area (Å²) in [6.45, 7) is 4.22. The normalized spacial score (nSPS) is 17.1. The number of hydrogen-bond acceptors (Lipinski definition) is 8. The Bertz CT molecular complexity index is 1510. The minimum Gasteiger partial charge on any atom is -0.507 e. The van der Waals surface area contributed by atoms with E-state index in [0.29, 0.717) is 45.6 Å². The van der Waals surface area contributed by atoms with Crippen molar-refractivity contribution in [3.63, 3.8) is 0 Å². The Labute approximate surface area is 211 Å². The highest BCUT2D eigenvalue weighted by molar-refractivity contribution is 7.22. The first-order chi connectivity index (χ1) is 17.4. The van der Waals surface area contributed by atoms with Crippen molar-refractivity contribution in [1.82, 2.24) is 9.97 Å². The first kappa shape index (κ1) is 23.5. The molecule has 9 heteroatoms. The van der Waals surface area contributed by atoms with Crippen LogP contribution in [0.4, 0.5) is 5.13 Å². The Morgan fingerprint density at radius 3 is 2.61 bits per heavy atom. The first-order valence-corrected chi connectivity index (χ1v) is 12.1. The van der Waals surface area contributed by atoms with Crippen molar-refractivity contribution in [3.05, 3.63) is 83.2 Å². The molecule has 0 bridgehead atoms. The molecule has 1 atom stereocenters. The number of pyridine rings is 1. The Morgan fingerprint density at radius 1 is 1.11 bits per heavy atom. The maximum absolute atomic E-state index is 13.4. The van der Waals surface area contributed by atoms with E-state index in [0.717, 1.165) is 4.70 Å². The molecule has 1 N–H and O–H groups in total. The fourth-order valence-electron chi connectivity index (χ4n) is 4.27. The fourth-order valence-corrected chi connectivity index (χ4v) is 5.29. The molecule has 0 aliphatic carbocycles. The molecule has 1 saturated heterocycles. The number of amides is 1. The molecule has 4 aromatic rings. The van der Waals surface area contributed by atoms with Crippen LogP contribution in [0.3, 0.4) is 0 Å². The molecule has 0 spiro atoms. The lowest BCUT2D eigenvalue weighted by Gasteiger charge is -2.22. The van der Waals surface area contributed by atoms with Gasteiger partial charge in [0.05, 0.1) is 35.2 Å².